The van der Waals surface area contributed by atoms with E-state index in [9.17, 15) is 15.3 Å². The van der Waals surface area contributed by atoms with Gasteiger partial charge >= 0.3 is 0 Å². The molecule has 94 valence electrons. The highest BCUT2D eigenvalue weighted by atomic mass is 16.3. The van der Waals surface area contributed by atoms with Gasteiger partial charge in [0.1, 0.15) is 5.75 Å². The zero-order valence-electron chi connectivity index (χ0n) is 9.74. The standard InChI is InChI=1S/C14H15NO3/c15-12(7-9-1-4-11(16)5-2-9)10-3-6-13(17)14(18)8-10/h1-6,8,12,16-18H,7,15H2. The van der Waals surface area contributed by atoms with E-state index in [0.717, 1.165) is 11.1 Å². The number of aromatic hydroxyl groups is 3. The number of hydrogen-bond acceptors (Lipinski definition) is 4. The summed E-state index contributed by atoms with van der Waals surface area (Å²) in [6.45, 7) is 0. The number of phenols is 3. The third-order valence-corrected chi connectivity index (χ3v) is 2.82. The molecule has 0 aromatic heterocycles. The van der Waals surface area contributed by atoms with Crippen LogP contribution in [0.3, 0.4) is 0 Å². The summed E-state index contributed by atoms with van der Waals surface area (Å²) in [5, 5.41) is 27.8. The van der Waals surface area contributed by atoms with Gasteiger partial charge in [-0.15, -0.1) is 0 Å². The van der Waals surface area contributed by atoms with Crippen LogP contribution in [0, 0.1) is 0 Å². The van der Waals surface area contributed by atoms with E-state index in [1.807, 2.05) is 0 Å². The number of rotatable bonds is 3. The fourth-order valence-electron chi connectivity index (χ4n) is 1.77. The van der Waals surface area contributed by atoms with Crippen LogP contribution in [-0.4, -0.2) is 15.3 Å². The topological polar surface area (TPSA) is 86.7 Å². The van der Waals surface area contributed by atoms with Gasteiger partial charge in [0.25, 0.3) is 0 Å². The van der Waals surface area contributed by atoms with Crippen molar-refractivity contribution >= 4 is 0 Å². The Morgan fingerprint density at radius 1 is 0.889 bits per heavy atom. The highest BCUT2D eigenvalue weighted by molar-refractivity contribution is 5.42. The fourth-order valence-corrected chi connectivity index (χ4v) is 1.77. The van der Waals surface area contributed by atoms with Crippen molar-refractivity contribution in [3.8, 4) is 17.2 Å². The second kappa shape index (κ2) is 4.98. The van der Waals surface area contributed by atoms with E-state index in [1.165, 1.54) is 12.1 Å². The predicted molar refractivity (Wildman–Crippen MR) is 68.5 cm³/mol. The molecule has 2 aromatic rings. The van der Waals surface area contributed by atoms with Crippen LogP contribution in [0.25, 0.3) is 0 Å². The third-order valence-electron chi connectivity index (χ3n) is 2.82. The van der Waals surface area contributed by atoms with Gasteiger partial charge in [-0.1, -0.05) is 18.2 Å². The number of phenolic OH excluding ortho intramolecular Hbond substituents is 3. The Balaban J connectivity index is 2.13. The van der Waals surface area contributed by atoms with E-state index in [-0.39, 0.29) is 23.3 Å². The Hall–Kier alpha value is -2.20. The van der Waals surface area contributed by atoms with Crippen LogP contribution in [0.4, 0.5) is 0 Å². The third kappa shape index (κ3) is 2.73. The lowest BCUT2D eigenvalue weighted by Gasteiger charge is -2.13. The van der Waals surface area contributed by atoms with E-state index in [0.29, 0.717) is 6.42 Å². The Labute approximate surface area is 105 Å². The average Bonchev–Trinajstić information content (AvgIpc) is 2.35. The molecule has 2 aromatic carbocycles. The molecule has 4 nitrogen and oxygen atoms in total. The number of nitrogens with two attached hydrogens (primary N) is 1. The minimum Gasteiger partial charge on any atom is -0.508 e. The summed E-state index contributed by atoms with van der Waals surface area (Å²) in [6, 6.07) is 11.1. The minimum absolute atomic E-state index is 0.157. The van der Waals surface area contributed by atoms with E-state index in [4.69, 9.17) is 5.73 Å². The van der Waals surface area contributed by atoms with Crippen LogP contribution in [0.5, 0.6) is 17.2 Å². The molecule has 0 radical (unpaired) electrons. The Morgan fingerprint density at radius 3 is 2.17 bits per heavy atom. The molecule has 0 aliphatic heterocycles. The first kappa shape index (κ1) is 12.3. The quantitative estimate of drug-likeness (QED) is 0.623. The molecular formula is C14H15NO3. The first-order valence-electron chi connectivity index (χ1n) is 5.61. The minimum atomic E-state index is -0.277. The van der Waals surface area contributed by atoms with Crippen molar-refractivity contribution in [3.05, 3.63) is 53.6 Å². The Kier molecular flexibility index (Phi) is 3.39. The van der Waals surface area contributed by atoms with Crippen molar-refractivity contribution in [2.24, 2.45) is 5.73 Å². The fraction of sp³-hybridized carbons (Fsp3) is 0.143. The van der Waals surface area contributed by atoms with Crippen molar-refractivity contribution < 1.29 is 15.3 Å². The molecule has 0 saturated carbocycles. The molecule has 0 saturated heterocycles. The number of hydrogen-bond donors (Lipinski definition) is 4. The van der Waals surface area contributed by atoms with E-state index in [1.54, 1.807) is 30.3 Å². The Morgan fingerprint density at radius 2 is 1.56 bits per heavy atom. The normalized spacial score (nSPS) is 12.3. The molecule has 0 amide bonds. The molecule has 0 aliphatic rings. The van der Waals surface area contributed by atoms with Crippen molar-refractivity contribution in [1.29, 1.82) is 0 Å². The summed E-state index contributed by atoms with van der Waals surface area (Å²) in [4.78, 5) is 0. The van der Waals surface area contributed by atoms with Crippen molar-refractivity contribution in [1.82, 2.24) is 0 Å². The molecule has 0 bridgehead atoms. The van der Waals surface area contributed by atoms with Gasteiger partial charge in [0, 0.05) is 6.04 Å². The van der Waals surface area contributed by atoms with E-state index >= 15 is 0 Å². The monoisotopic (exact) mass is 245 g/mol. The molecule has 1 unspecified atom stereocenters. The van der Waals surface area contributed by atoms with Gasteiger partial charge in [-0.25, -0.2) is 0 Å². The van der Waals surface area contributed by atoms with Gasteiger partial charge < -0.3 is 21.1 Å². The van der Waals surface area contributed by atoms with Crippen LogP contribution in [0.1, 0.15) is 17.2 Å². The van der Waals surface area contributed by atoms with Crippen molar-refractivity contribution in [3.63, 3.8) is 0 Å². The van der Waals surface area contributed by atoms with Gasteiger partial charge in [-0.3, -0.25) is 0 Å². The van der Waals surface area contributed by atoms with E-state index in [2.05, 4.69) is 0 Å². The second-order valence-electron chi connectivity index (χ2n) is 4.23. The smallest absolute Gasteiger partial charge is 0.157 e. The van der Waals surface area contributed by atoms with Gasteiger partial charge in [-0.2, -0.15) is 0 Å². The molecule has 0 spiro atoms. The first-order valence-corrected chi connectivity index (χ1v) is 5.61. The highest BCUT2D eigenvalue weighted by Crippen LogP contribution is 2.28. The lowest BCUT2D eigenvalue weighted by molar-refractivity contribution is 0.402. The maximum Gasteiger partial charge on any atom is 0.157 e. The van der Waals surface area contributed by atoms with Crippen molar-refractivity contribution in [2.75, 3.05) is 0 Å². The summed E-state index contributed by atoms with van der Waals surface area (Å²) < 4.78 is 0. The molecule has 0 fully saturated rings. The van der Waals surface area contributed by atoms with E-state index < -0.39 is 0 Å². The molecule has 0 heterocycles. The van der Waals surface area contributed by atoms with Crippen LogP contribution >= 0.6 is 0 Å². The summed E-state index contributed by atoms with van der Waals surface area (Å²) in [7, 11) is 0. The molecular weight excluding hydrogens is 230 g/mol. The average molecular weight is 245 g/mol. The largest absolute Gasteiger partial charge is 0.508 e. The SMILES string of the molecule is NC(Cc1ccc(O)cc1)c1ccc(O)c(O)c1. The molecule has 4 heteroatoms. The van der Waals surface area contributed by atoms with Gasteiger partial charge in [0.15, 0.2) is 11.5 Å². The van der Waals surface area contributed by atoms with Crippen LogP contribution in [0.15, 0.2) is 42.5 Å². The lowest BCUT2D eigenvalue weighted by atomic mass is 9.99. The first-order chi connectivity index (χ1) is 8.56. The lowest BCUT2D eigenvalue weighted by Crippen LogP contribution is -2.13. The maximum atomic E-state index is 9.41. The summed E-state index contributed by atoms with van der Waals surface area (Å²) in [5.74, 6) is -0.112. The summed E-state index contributed by atoms with van der Waals surface area (Å²) in [6.07, 6.45) is 0.588. The molecule has 18 heavy (non-hydrogen) atoms. The van der Waals surface area contributed by atoms with Gasteiger partial charge in [-0.05, 0) is 41.8 Å². The zero-order chi connectivity index (χ0) is 13.1. The maximum absolute atomic E-state index is 9.41. The molecule has 1 atom stereocenters. The highest BCUT2D eigenvalue weighted by Gasteiger charge is 2.09. The predicted octanol–water partition coefficient (Wildman–Crippen LogP) is 2.05. The zero-order valence-corrected chi connectivity index (χ0v) is 9.74. The van der Waals surface area contributed by atoms with Gasteiger partial charge in [0.05, 0.1) is 0 Å². The van der Waals surface area contributed by atoms with Crippen LogP contribution in [-0.2, 0) is 6.42 Å². The molecule has 0 aliphatic carbocycles. The second-order valence-corrected chi connectivity index (χ2v) is 4.23. The summed E-state index contributed by atoms with van der Waals surface area (Å²) >= 11 is 0. The van der Waals surface area contributed by atoms with Crippen LogP contribution in [0.2, 0.25) is 0 Å². The number of benzene rings is 2. The molecule has 5 N–H and O–H groups in total. The Bertz CT molecular complexity index is 537. The summed E-state index contributed by atoms with van der Waals surface area (Å²) in [5.41, 5.74) is 7.77. The van der Waals surface area contributed by atoms with Gasteiger partial charge in [0.2, 0.25) is 0 Å². The van der Waals surface area contributed by atoms with Crippen LogP contribution < -0.4 is 5.73 Å². The molecule has 2 rings (SSSR count). The van der Waals surface area contributed by atoms with Crippen molar-refractivity contribution in [2.45, 2.75) is 12.5 Å².